The first-order valence-electron chi connectivity index (χ1n) is 5.84. The van der Waals surface area contributed by atoms with Gasteiger partial charge >= 0.3 is 0 Å². The average Bonchev–Trinajstić information content (AvgIpc) is 2.82. The van der Waals surface area contributed by atoms with Crippen LogP contribution in [0.2, 0.25) is 0 Å². The van der Waals surface area contributed by atoms with E-state index in [1.54, 1.807) is 0 Å². The molecule has 2 N–H and O–H groups in total. The van der Waals surface area contributed by atoms with E-state index in [0.29, 0.717) is 6.54 Å². The van der Waals surface area contributed by atoms with Gasteiger partial charge in [-0.05, 0) is 19.3 Å². The first kappa shape index (κ1) is 11.9. The third-order valence-corrected chi connectivity index (χ3v) is 2.84. The van der Waals surface area contributed by atoms with E-state index in [9.17, 15) is 9.59 Å². The molecule has 1 atom stereocenters. The summed E-state index contributed by atoms with van der Waals surface area (Å²) in [6.07, 6.45) is 6.13. The number of aromatic amines is 1. The predicted octanol–water partition coefficient (Wildman–Crippen LogP) is 0.674. The molecule has 0 saturated carbocycles. The first-order valence-corrected chi connectivity index (χ1v) is 5.84. The molecule has 0 bridgehead atoms. The molecule has 0 aliphatic carbocycles. The number of aromatic nitrogens is 1. The third kappa shape index (κ3) is 3.17. The average molecular weight is 236 g/mol. The predicted molar refractivity (Wildman–Crippen MR) is 63.0 cm³/mol. The van der Waals surface area contributed by atoms with Gasteiger partial charge in [-0.2, -0.15) is 0 Å². The van der Waals surface area contributed by atoms with E-state index < -0.39 is 0 Å². The highest BCUT2D eigenvalue weighted by atomic mass is 16.5. The maximum absolute atomic E-state index is 11.7. The number of carbonyl (C=O) groups is 1. The summed E-state index contributed by atoms with van der Waals surface area (Å²) in [6.45, 7) is 1.36. The molecule has 5 nitrogen and oxygen atoms in total. The molecule has 1 unspecified atom stereocenters. The molecule has 1 aliphatic rings. The van der Waals surface area contributed by atoms with Crippen LogP contribution in [0.5, 0.6) is 0 Å². The number of carbonyl (C=O) groups excluding carboxylic acids is 1. The summed E-state index contributed by atoms with van der Waals surface area (Å²) in [5.41, 5.74) is -0.113. The van der Waals surface area contributed by atoms with E-state index >= 15 is 0 Å². The van der Waals surface area contributed by atoms with Crippen LogP contribution in [0.25, 0.3) is 0 Å². The lowest BCUT2D eigenvalue weighted by Crippen LogP contribution is -2.30. The fourth-order valence-corrected chi connectivity index (χ4v) is 1.91. The van der Waals surface area contributed by atoms with Gasteiger partial charge in [-0.25, -0.2) is 0 Å². The summed E-state index contributed by atoms with van der Waals surface area (Å²) in [6, 6.07) is 1.34. The van der Waals surface area contributed by atoms with E-state index in [4.69, 9.17) is 4.74 Å². The van der Waals surface area contributed by atoms with Crippen LogP contribution < -0.4 is 10.7 Å². The number of ether oxygens (including phenoxy) is 1. The highest BCUT2D eigenvalue weighted by molar-refractivity contribution is 5.93. The molecule has 92 valence electrons. The molecule has 1 aromatic rings. The fraction of sp³-hybridized carbons (Fsp3) is 0.500. The third-order valence-electron chi connectivity index (χ3n) is 2.84. The van der Waals surface area contributed by atoms with E-state index in [2.05, 4.69) is 10.3 Å². The van der Waals surface area contributed by atoms with Crippen molar-refractivity contribution in [1.29, 1.82) is 0 Å². The van der Waals surface area contributed by atoms with Gasteiger partial charge < -0.3 is 15.0 Å². The monoisotopic (exact) mass is 236 g/mol. The Bertz CT molecular complexity index is 435. The zero-order valence-electron chi connectivity index (χ0n) is 9.57. The lowest BCUT2D eigenvalue weighted by atomic mass is 10.2. The van der Waals surface area contributed by atoms with Crippen molar-refractivity contribution in [3.63, 3.8) is 0 Å². The van der Waals surface area contributed by atoms with Crippen molar-refractivity contribution in [3.05, 3.63) is 34.2 Å². The molecule has 1 amide bonds. The molecule has 1 aliphatic heterocycles. The van der Waals surface area contributed by atoms with Crippen molar-refractivity contribution in [2.24, 2.45) is 0 Å². The van der Waals surface area contributed by atoms with Crippen molar-refractivity contribution in [2.45, 2.75) is 25.4 Å². The number of H-pyrrole nitrogens is 1. The van der Waals surface area contributed by atoms with Crippen LogP contribution in [0.4, 0.5) is 0 Å². The van der Waals surface area contributed by atoms with Crippen LogP contribution in [0.15, 0.2) is 23.3 Å². The van der Waals surface area contributed by atoms with Gasteiger partial charge in [0.15, 0.2) is 5.43 Å². The van der Waals surface area contributed by atoms with Crippen LogP contribution in [0, 0.1) is 0 Å². The zero-order valence-corrected chi connectivity index (χ0v) is 9.57. The van der Waals surface area contributed by atoms with Crippen LogP contribution in [0.3, 0.4) is 0 Å². The molecule has 17 heavy (non-hydrogen) atoms. The van der Waals surface area contributed by atoms with Gasteiger partial charge in [-0.1, -0.05) is 0 Å². The summed E-state index contributed by atoms with van der Waals surface area (Å²) in [4.78, 5) is 25.8. The molecule has 1 saturated heterocycles. The lowest BCUT2D eigenvalue weighted by molar-refractivity contribution is 0.0906. The van der Waals surface area contributed by atoms with Gasteiger partial charge in [0.1, 0.15) is 5.56 Å². The quantitative estimate of drug-likeness (QED) is 0.807. The van der Waals surface area contributed by atoms with Gasteiger partial charge in [0.2, 0.25) is 0 Å². The molecule has 5 heteroatoms. The van der Waals surface area contributed by atoms with E-state index in [1.807, 2.05) is 0 Å². The molecule has 0 spiro atoms. The van der Waals surface area contributed by atoms with Crippen LogP contribution >= 0.6 is 0 Å². The van der Waals surface area contributed by atoms with Gasteiger partial charge in [0.05, 0.1) is 6.10 Å². The zero-order chi connectivity index (χ0) is 12.1. The highest BCUT2D eigenvalue weighted by Crippen LogP contribution is 2.14. The maximum Gasteiger partial charge on any atom is 0.256 e. The summed E-state index contributed by atoms with van der Waals surface area (Å²) in [5.74, 6) is -0.329. The Morgan fingerprint density at radius 3 is 3.18 bits per heavy atom. The van der Waals surface area contributed by atoms with Gasteiger partial charge in [-0.3, -0.25) is 9.59 Å². The van der Waals surface area contributed by atoms with Crippen LogP contribution in [-0.4, -0.2) is 30.1 Å². The number of nitrogens with one attached hydrogen (secondary N) is 2. The molecule has 0 aromatic carbocycles. The van der Waals surface area contributed by atoms with Crippen LogP contribution in [-0.2, 0) is 4.74 Å². The number of hydrogen-bond donors (Lipinski definition) is 2. The number of pyridine rings is 1. The highest BCUT2D eigenvalue weighted by Gasteiger charge is 2.15. The second-order valence-corrected chi connectivity index (χ2v) is 4.10. The number of rotatable bonds is 4. The molecule has 1 aromatic heterocycles. The van der Waals surface area contributed by atoms with E-state index in [0.717, 1.165) is 25.9 Å². The van der Waals surface area contributed by atoms with Crippen molar-refractivity contribution >= 4 is 5.91 Å². The standard InChI is InChI=1S/C12H16N2O3/c15-11-4-5-13-8-10(11)12(16)14-6-3-9-2-1-7-17-9/h4-5,8-9H,1-3,6-7H2,(H,13,15)(H,14,16). The summed E-state index contributed by atoms with van der Waals surface area (Å²) < 4.78 is 5.44. The second kappa shape index (κ2) is 5.63. The summed E-state index contributed by atoms with van der Waals surface area (Å²) in [5, 5.41) is 2.73. The number of hydrogen-bond acceptors (Lipinski definition) is 3. The van der Waals surface area contributed by atoms with Crippen molar-refractivity contribution < 1.29 is 9.53 Å². The minimum absolute atomic E-state index is 0.153. The molecule has 0 radical (unpaired) electrons. The van der Waals surface area contributed by atoms with Gasteiger partial charge in [0, 0.05) is 31.6 Å². The van der Waals surface area contributed by atoms with Crippen molar-refractivity contribution in [3.8, 4) is 0 Å². The van der Waals surface area contributed by atoms with Gasteiger partial charge in [0.25, 0.3) is 5.91 Å². The second-order valence-electron chi connectivity index (χ2n) is 4.10. The normalized spacial score (nSPS) is 19.2. The molecule has 2 rings (SSSR count). The Kier molecular flexibility index (Phi) is 3.93. The minimum atomic E-state index is -0.329. The minimum Gasteiger partial charge on any atom is -0.378 e. The Morgan fingerprint density at radius 2 is 2.47 bits per heavy atom. The van der Waals surface area contributed by atoms with Crippen LogP contribution in [0.1, 0.15) is 29.6 Å². The smallest absolute Gasteiger partial charge is 0.256 e. The van der Waals surface area contributed by atoms with Crippen molar-refractivity contribution in [1.82, 2.24) is 10.3 Å². The van der Waals surface area contributed by atoms with Crippen molar-refractivity contribution in [2.75, 3.05) is 13.2 Å². The Labute approximate surface area is 99.2 Å². The Morgan fingerprint density at radius 1 is 1.59 bits per heavy atom. The Balaban J connectivity index is 1.81. The lowest BCUT2D eigenvalue weighted by Gasteiger charge is -2.09. The number of amides is 1. The topological polar surface area (TPSA) is 71.2 Å². The molecule has 1 fully saturated rings. The molecular formula is C12H16N2O3. The van der Waals surface area contributed by atoms with E-state index in [1.165, 1.54) is 18.5 Å². The Hall–Kier alpha value is -1.62. The summed E-state index contributed by atoms with van der Waals surface area (Å²) in [7, 11) is 0. The van der Waals surface area contributed by atoms with E-state index in [-0.39, 0.29) is 23.0 Å². The SMILES string of the molecule is O=C(NCCC1CCCO1)c1c[nH]ccc1=O. The molecular weight excluding hydrogens is 220 g/mol. The largest absolute Gasteiger partial charge is 0.378 e. The maximum atomic E-state index is 11.7. The molecule has 2 heterocycles. The van der Waals surface area contributed by atoms with Gasteiger partial charge in [-0.15, -0.1) is 0 Å². The fourth-order valence-electron chi connectivity index (χ4n) is 1.91. The first-order chi connectivity index (χ1) is 8.27. The summed E-state index contributed by atoms with van der Waals surface area (Å²) >= 11 is 0.